The fourth-order valence-corrected chi connectivity index (χ4v) is 1.40. The van der Waals surface area contributed by atoms with Crippen LogP contribution in [0.3, 0.4) is 0 Å². The van der Waals surface area contributed by atoms with Gasteiger partial charge in [0.2, 0.25) is 17.0 Å². The maximum atomic E-state index is 11.2. The molecule has 0 radical (unpaired) electrons. The Morgan fingerprint density at radius 3 is 3.07 bits per heavy atom. The highest BCUT2D eigenvalue weighted by Gasteiger charge is 2.05. The van der Waals surface area contributed by atoms with E-state index < -0.39 is 0 Å². The zero-order valence-corrected chi connectivity index (χ0v) is 8.73. The minimum absolute atomic E-state index is 0.0137. The first-order valence-electron chi connectivity index (χ1n) is 4.29. The summed E-state index contributed by atoms with van der Waals surface area (Å²) >= 11 is 1.25. The van der Waals surface area contributed by atoms with Gasteiger partial charge in [-0.1, -0.05) is 18.7 Å². The van der Waals surface area contributed by atoms with Crippen LogP contribution in [0.25, 0.3) is 0 Å². The number of nitrogens with one attached hydrogen (secondary N) is 2. The summed E-state index contributed by atoms with van der Waals surface area (Å²) in [4.78, 5) is 15.0. The van der Waals surface area contributed by atoms with Gasteiger partial charge in [-0.25, -0.2) is 5.10 Å². The van der Waals surface area contributed by atoms with Crippen molar-refractivity contribution in [3.05, 3.63) is 0 Å². The summed E-state index contributed by atoms with van der Waals surface area (Å²) in [5, 5.41) is 9.54. The molecule has 1 aromatic heterocycles. The summed E-state index contributed by atoms with van der Waals surface area (Å²) in [6.45, 7) is 2.71. The van der Waals surface area contributed by atoms with E-state index in [0.717, 1.165) is 6.42 Å². The summed E-state index contributed by atoms with van der Waals surface area (Å²) in [5.74, 6) is 0.568. The second kappa shape index (κ2) is 5.48. The molecule has 7 heteroatoms. The van der Waals surface area contributed by atoms with Crippen molar-refractivity contribution in [1.82, 2.24) is 20.5 Å². The quantitative estimate of drug-likeness (QED) is 0.601. The predicted molar refractivity (Wildman–Crippen MR) is 54.8 cm³/mol. The van der Waals surface area contributed by atoms with Gasteiger partial charge >= 0.3 is 0 Å². The van der Waals surface area contributed by atoms with E-state index >= 15 is 0 Å². The van der Waals surface area contributed by atoms with Crippen LogP contribution >= 0.6 is 11.8 Å². The largest absolute Gasteiger partial charge is 0.368 e. The summed E-state index contributed by atoms with van der Waals surface area (Å²) < 4.78 is 0. The monoisotopic (exact) mass is 215 g/mol. The Labute approximate surface area is 86.0 Å². The summed E-state index contributed by atoms with van der Waals surface area (Å²) in [6, 6.07) is 0. The zero-order chi connectivity index (χ0) is 10.4. The van der Waals surface area contributed by atoms with E-state index in [4.69, 9.17) is 5.73 Å². The number of aromatic amines is 1. The molecule has 6 nitrogen and oxygen atoms in total. The number of nitrogen functional groups attached to an aromatic ring is 1. The lowest BCUT2D eigenvalue weighted by atomic mass is 10.5. The van der Waals surface area contributed by atoms with Crippen molar-refractivity contribution in [2.45, 2.75) is 18.5 Å². The first-order chi connectivity index (χ1) is 6.72. The molecule has 0 aromatic carbocycles. The van der Waals surface area contributed by atoms with E-state index in [1.165, 1.54) is 11.8 Å². The SMILES string of the molecule is CCCNC(=O)CSc1n[nH]c(N)n1. The number of thioether (sulfide) groups is 1. The molecule has 0 bridgehead atoms. The minimum atomic E-state index is -0.0137. The van der Waals surface area contributed by atoms with Crippen LogP contribution in [-0.2, 0) is 4.79 Å². The summed E-state index contributed by atoms with van der Waals surface area (Å²) in [7, 11) is 0. The number of nitrogens with two attached hydrogens (primary N) is 1. The lowest BCUT2D eigenvalue weighted by Gasteiger charge is -2.00. The molecule has 0 unspecified atom stereocenters. The van der Waals surface area contributed by atoms with E-state index in [0.29, 0.717) is 17.5 Å². The van der Waals surface area contributed by atoms with Gasteiger partial charge in [0.25, 0.3) is 0 Å². The molecule has 1 heterocycles. The highest BCUT2D eigenvalue weighted by atomic mass is 32.2. The first-order valence-corrected chi connectivity index (χ1v) is 5.28. The highest BCUT2D eigenvalue weighted by Crippen LogP contribution is 2.11. The molecule has 1 aromatic rings. The normalized spacial score (nSPS) is 10.1. The van der Waals surface area contributed by atoms with Crippen molar-refractivity contribution in [2.24, 2.45) is 0 Å². The molecule has 0 aliphatic rings. The molecule has 0 atom stereocenters. The van der Waals surface area contributed by atoms with Crippen LogP contribution in [0.2, 0.25) is 0 Å². The number of carbonyl (C=O) groups is 1. The number of anilines is 1. The third kappa shape index (κ3) is 3.65. The van der Waals surface area contributed by atoms with Gasteiger partial charge in [-0.15, -0.1) is 5.10 Å². The van der Waals surface area contributed by atoms with Crippen LogP contribution in [0, 0.1) is 0 Å². The third-order valence-corrected chi connectivity index (χ3v) is 2.23. The Morgan fingerprint density at radius 2 is 2.50 bits per heavy atom. The Bertz CT molecular complexity index is 300. The van der Waals surface area contributed by atoms with Crippen LogP contribution in [0.5, 0.6) is 0 Å². The van der Waals surface area contributed by atoms with Gasteiger partial charge < -0.3 is 11.1 Å². The number of hydrogen-bond donors (Lipinski definition) is 3. The van der Waals surface area contributed by atoms with Crippen LogP contribution in [-0.4, -0.2) is 33.4 Å². The molecule has 0 spiro atoms. The van der Waals surface area contributed by atoms with Gasteiger partial charge in [0.15, 0.2) is 0 Å². The number of aromatic nitrogens is 3. The number of hydrogen-bond acceptors (Lipinski definition) is 5. The van der Waals surface area contributed by atoms with Crippen LogP contribution < -0.4 is 11.1 Å². The van der Waals surface area contributed by atoms with Crippen LogP contribution in [0.15, 0.2) is 5.16 Å². The zero-order valence-electron chi connectivity index (χ0n) is 7.91. The molecule has 0 saturated carbocycles. The van der Waals surface area contributed by atoms with Gasteiger partial charge in [0, 0.05) is 6.54 Å². The number of nitrogens with zero attached hydrogens (tertiary/aromatic N) is 2. The average molecular weight is 215 g/mol. The number of H-pyrrole nitrogens is 1. The number of amides is 1. The topological polar surface area (TPSA) is 96.7 Å². The molecule has 0 fully saturated rings. The van der Waals surface area contributed by atoms with Gasteiger partial charge in [-0.2, -0.15) is 4.98 Å². The van der Waals surface area contributed by atoms with Crippen LogP contribution in [0.4, 0.5) is 5.95 Å². The van der Waals surface area contributed by atoms with E-state index in [1.807, 2.05) is 6.92 Å². The van der Waals surface area contributed by atoms with Gasteiger partial charge in [0.05, 0.1) is 5.75 Å². The molecular formula is C7H13N5OS. The smallest absolute Gasteiger partial charge is 0.230 e. The van der Waals surface area contributed by atoms with Gasteiger partial charge in [-0.05, 0) is 6.42 Å². The van der Waals surface area contributed by atoms with E-state index in [2.05, 4.69) is 20.5 Å². The van der Waals surface area contributed by atoms with Crippen molar-refractivity contribution >= 4 is 23.6 Å². The Balaban J connectivity index is 2.23. The number of carbonyl (C=O) groups excluding carboxylic acids is 1. The van der Waals surface area contributed by atoms with Gasteiger partial charge in [0.1, 0.15) is 0 Å². The minimum Gasteiger partial charge on any atom is -0.368 e. The van der Waals surface area contributed by atoms with E-state index in [-0.39, 0.29) is 11.9 Å². The standard InChI is InChI=1S/C7H13N5OS/c1-2-3-9-5(13)4-14-7-10-6(8)11-12-7/h2-4H2,1H3,(H,9,13)(H3,8,10,11,12). The molecular weight excluding hydrogens is 202 g/mol. The molecule has 1 amide bonds. The molecule has 0 saturated heterocycles. The van der Waals surface area contributed by atoms with Crippen molar-refractivity contribution < 1.29 is 4.79 Å². The molecule has 0 aliphatic carbocycles. The first kappa shape index (κ1) is 10.8. The molecule has 1 rings (SSSR count). The second-order valence-electron chi connectivity index (χ2n) is 2.64. The van der Waals surface area contributed by atoms with E-state index in [9.17, 15) is 4.79 Å². The Hall–Kier alpha value is -1.24. The lowest BCUT2D eigenvalue weighted by Crippen LogP contribution is -2.25. The number of rotatable bonds is 5. The molecule has 0 aliphatic heterocycles. The predicted octanol–water partition coefficient (Wildman–Crippen LogP) is 0.00520. The molecule has 4 N–H and O–H groups in total. The van der Waals surface area contributed by atoms with Crippen molar-refractivity contribution in [1.29, 1.82) is 0 Å². The molecule has 78 valence electrons. The Kier molecular flexibility index (Phi) is 4.24. The summed E-state index contributed by atoms with van der Waals surface area (Å²) in [5.41, 5.74) is 5.32. The van der Waals surface area contributed by atoms with Crippen molar-refractivity contribution in [2.75, 3.05) is 18.0 Å². The maximum absolute atomic E-state index is 11.2. The highest BCUT2D eigenvalue weighted by molar-refractivity contribution is 7.99. The van der Waals surface area contributed by atoms with Crippen molar-refractivity contribution in [3.63, 3.8) is 0 Å². The van der Waals surface area contributed by atoms with E-state index in [1.54, 1.807) is 0 Å². The average Bonchev–Trinajstić information content (AvgIpc) is 2.58. The fraction of sp³-hybridized carbons (Fsp3) is 0.571. The fourth-order valence-electron chi connectivity index (χ4n) is 0.768. The lowest BCUT2D eigenvalue weighted by molar-refractivity contribution is -0.118. The second-order valence-corrected chi connectivity index (χ2v) is 3.58. The van der Waals surface area contributed by atoms with Crippen LogP contribution in [0.1, 0.15) is 13.3 Å². The summed E-state index contributed by atoms with van der Waals surface area (Å²) in [6.07, 6.45) is 0.935. The Morgan fingerprint density at radius 1 is 1.71 bits per heavy atom. The molecule has 14 heavy (non-hydrogen) atoms. The third-order valence-electron chi connectivity index (χ3n) is 1.39. The van der Waals surface area contributed by atoms with Gasteiger partial charge in [-0.3, -0.25) is 4.79 Å². The maximum Gasteiger partial charge on any atom is 0.230 e. The van der Waals surface area contributed by atoms with Crippen molar-refractivity contribution in [3.8, 4) is 0 Å².